The van der Waals surface area contributed by atoms with E-state index in [-0.39, 0.29) is 12.0 Å². The van der Waals surface area contributed by atoms with Crippen molar-refractivity contribution >= 4 is 0 Å². The first-order valence-electron chi connectivity index (χ1n) is 12.6. The van der Waals surface area contributed by atoms with Crippen LogP contribution in [0.1, 0.15) is 85.5 Å². The minimum Gasteiger partial charge on any atom is -0.393 e. The van der Waals surface area contributed by atoms with Crippen molar-refractivity contribution < 1.29 is 20.4 Å². The molecule has 0 unspecified atom stereocenters. The van der Waals surface area contributed by atoms with Crippen molar-refractivity contribution in [1.82, 2.24) is 0 Å². The highest BCUT2D eigenvalue weighted by atomic mass is 16.3. The van der Waals surface area contributed by atoms with Crippen LogP contribution in [0.2, 0.25) is 0 Å². The molecule has 4 rings (SSSR count). The van der Waals surface area contributed by atoms with Crippen molar-refractivity contribution in [3.05, 3.63) is 23.3 Å². The van der Waals surface area contributed by atoms with E-state index in [0.717, 1.165) is 19.3 Å². The van der Waals surface area contributed by atoms with E-state index in [1.807, 2.05) is 0 Å². The summed E-state index contributed by atoms with van der Waals surface area (Å²) in [5.74, 6) is 2.30. The van der Waals surface area contributed by atoms with Gasteiger partial charge in [0.15, 0.2) is 0 Å². The number of aliphatic hydroxyl groups excluding tert-OH is 3. The largest absolute Gasteiger partial charge is 0.393 e. The van der Waals surface area contributed by atoms with Gasteiger partial charge in [0.05, 0.1) is 24.4 Å². The summed E-state index contributed by atoms with van der Waals surface area (Å²) < 4.78 is 0. The quantitative estimate of drug-likeness (QED) is 0.502. The first-order chi connectivity index (χ1) is 14.5. The van der Waals surface area contributed by atoms with Gasteiger partial charge in [-0.25, -0.2) is 0 Å². The molecular weight excluding hydrogens is 388 g/mol. The molecule has 4 heteroatoms. The number of hydrogen-bond donors (Lipinski definition) is 4. The van der Waals surface area contributed by atoms with E-state index in [1.54, 1.807) is 12.5 Å². The SMILES string of the molecule is C[C@H](CCC[C@](C)(O)CO)[C@H]1CC[C@H]2C3=CC=C4C[C@@H](O)C[C@H](O)[C@]4(C)[C@H]3CC[C@]12C. The summed E-state index contributed by atoms with van der Waals surface area (Å²) in [5.41, 5.74) is 1.94. The van der Waals surface area contributed by atoms with E-state index in [0.29, 0.717) is 48.3 Å². The van der Waals surface area contributed by atoms with Crippen molar-refractivity contribution in [2.75, 3.05) is 6.61 Å². The molecule has 176 valence electrons. The Labute approximate surface area is 188 Å². The van der Waals surface area contributed by atoms with Gasteiger partial charge in [-0.15, -0.1) is 0 Å². The second-order valence-corrected chi connectivity index (χ2v) is 12.1. The van der Waals surface area contributed by atoms with Crippen LogP contribution in [0.15, 0.2) is 23.3 Å². The van der Waals surface area contributed by atoms with Crippen LogP contribution in [0, 0.1) is 34.5 Å². The summed E-state index contributed by atoms with van der Waals surface area (Å²) in [4.78, 5) is 0. The molecule has 0 aromatic rings. The van der Waals surface area contributed by atoms with Gasteiger partial charge in [0.1, 0.15) is 0 Å². The number of rotatable bonds is 6. The van der Waals surface area contributed by atoms with Crippen LogP contribution in [0.25, 0.3) is 0 Å². The van der Waals surface area contributed by atoms with Crippen LogP contribution in [-0.2, 0) is 0 Å². The lowest BCUT2D eigenvalue weighted by Crippen LogP contribution is -2.52. The van der Waals surface area contributed by atoms with Gasteiger partial charge < -0.3 is 20.4 Å². The molecule has 0 saturated heterocycles. The molecule has 4 nitrogen and oxygen atoms in total. The second-order valence-electron chi connectivity index (χ2n) is 12.1. The van der Waals surface area contributed by atoms with Gasteiger partial charge in [-0.05, 0) is 74.5 Å². The van der Waals surface area contributed by atoms with Crippen molar-refractivity contribution in [3.8, 4) is 0 Å². The maximum absolute atomic E-state index is 11.0. The van der Waals surface area contributed by atoms with E-state index < -0.39 is 17.8 Å². The summed E-state index contributed by atoms with van der Waals surface area (Å²) >= 11 is 0. The van der Waals surface area contributed by atoms with Gasteiger partial charge in [-0.1, -0.05) is 56.9 Å². The number of aliphatic hydroxyl groups is 4. The molecule has 0 aliphatic heterocycles. The Morgan fingerprint density at radius 1 is 1.13 bits per heavy atom. The predicted octanol–water partition coefficient (Wildman–Crippen LogP) is 4.37. The Balaban J connectivity index is 1.51. The smallest absolute Gasteiger partial charge is 0.0849 e. The molecule has 4 aliphatic carbocycles. The summed E-state index contributed by atoms with van der Waals surface area (Å²) in [7, 11) is 0. The summed E-state index contributed by atoms with van der Waals surface area (Å²) in [6, 6.07) is 0. The zero-order chi connectivity index (χ0) is 22.6. The van der Waals surface area contributed by atoms with E-state index in [9.17, 15) is 20.4 Å². The van der Waals surface area contributed by atoms with Crippen LogP contribution in [0.3, 0.4) is 0 Å². The molecule has 4 N–H and O–H groups in total. The van der Waals surface area contributed by atoms with Crippen LogP contribution in [0.4, 0.5) is 0 Å². The Bertz CT molecular complexity index is 740. The molecule has 0 bridgehead atoms. The van der Waals surface area contributed by atoms with Crippen molar-refractivity contribution in [1.29, 1.82) is 0 Å². The fraction of sp³-hybridized carbons (Fsp3) is 0.852. The second kappa shape index (κ2) is 8.27. The lowest BCUT2D eigenvalue weighted by atomic mass is 9.49. The predicted molar refractivity (Wildman–Crippen MR) is 123 cm³/mol. The van der Waals surface area contributed by atoms with Gasteiger partial charge in [0.25, 0.3) is 0 Å². The molecule has 3 fully saturated rings. The molecule has 0 amide bonds. The van der Waals surface area contributed by atoms with E-state index >= 15 is 0 Å². The number of allylic oxidation sites excluding steroid dienone is 3. The molecular formula is C27H44O4. The summed E-state index contributed by atoms with van der Waals surface area (Å²) in [5, 5.41) is 40.7. The van der Waals surface area contributed by atoms with Crippen LogP contribution in [0.5, 0.6) is 0 Å². The molecule has 0 aromatic carbocycles. The molecule has 31 heavy (non-hydrogen) atoms. The third-order valence-corrected chi connectivity index (χ3v) is 10.1. The topological polar surface area (TPSA) is 80.9 Å². The van der Waals surface area contributed by atoms with Crippen molar-refractivity contribution in [2.24, 2.45) is 34.5 Å². The fourth-order valence-corrected chi connectivity index (χ4v) is 8.11. The van der Waals surface area contributed by atoms with Gasteiger partial charge in [0, 0.05) is 11.8 Å². The van der Waals surface area contributed by atoms with Crippen molar-refractivity contribution in [3.63, 3.8) is 0 Å². The van der Waals surface area contributed by atoms with E-state index in [2.05, 4.69) is 32.9 Å². The first-order valence-corrected chi connectivity index (χ1v) is 12.6. The Kier molecular flexibility index (Phi) is 6.26. The highest BCUT2D eigenvalue weighted by Gasteiger charge is 2.58. The number of fused-ring (bicyclic) bond motifs is 5. The van der Waals surface area contributed by atoms with Crippen LogP contribution < -0.4 is 0 Å². The first kappa shape index (κ1) is 23.5. The maximum atomic E-state index is 11.0. The Hall–Kier alpha value is -0.680. The minimum atomic E-state index is -0.958. The zero-order valence-corrected chi connectivity index (χ0v) is 20.0. The molecule has 4 aliphatic rings. The minimum absolute atomic E-state index is 0.169. The third-order valence-electron chi connectivity index (χ3n) is 10.1. The highest BCUT2D eigenvalue weighted by molar-refractivity contribution is 5.40. The molecule has 0 heterocycles. The van der Waals surface area contributed by atoms with Gasteiger partial charge in [0.2, 0.25) is 0 Å². The molecule has 0 aromatic heterocycles. The van der Waals surface area contributed by atoms with Crippen LogP contribution in [-0.4, -0.2) is 44.8 Å². The lowest BCUT2D eigenvalue weighted by molar-refractivity contribution is -0.0546. The fourth-order valence-electron chi connectivity index (χ4n) is 8.11. The molecule has 0 radical (unpaired) electrons. The molecule has 0 spiro atoms. The zero-order valence-electron chi connectivity index (χ0n) is 20.0. The summed E-state index contributed by atoms with van der Waals surface area (Å²) in [6.07, 6.45) is 12.5. The van der Waals surface area contributed by atoms with Gasteiger partial charge in [-0.2, -0.15) is 0 Å². The summed E-state index contributed by atoms with van der Waals surface area (Å²) in [6.45, 7) is 8.70. The maximum Gasteiger partial charge on any atom is 0.0849 e. The van der Waals surface area contributed by atoms with Crippen molar-refractivity contribution in [2.45, 2.75) is 103 Å². The van der Waals surface area contributed by atoms with E-state index in [4.69, 9.17) is 0 Å². The monoisotopic (exact) mass is 432 g/mol. The molecule has 3 saturated carbocycles. The van der Waals surface area contributed by atoms with Gasteiger partial charge >= 0.3 is 0 Å². The number of hydrogen-bond acceptors (Lipinski definition) is 4. The third kappa shape index (κ3) is 3.86. The molecule has 9 atom stereocenters. The average Bonchev–Trinajstić information content (AvgIpc) is 3.06. The van der Waals surface area contributed by atoms with E-state index in [1.165, 1.54) is 24.8 Å². The average molecular weight is 433 g/mol. The lowest BCUT2D eigenvalue weighted by Gasteiger charge is -2.56. The van der Waals surface area contributed by atoms with Gasteiger partial charge in [-0.3, -0.25) is 0 Å². The standard InChI is InChI=1S/C27H44O4/c1-17(6-5-12-25(2,31)16-28)21-9-10-22-20-8-7-18-14-19(29)15-24(30)27(18,4)23(20)11-13-26(21,22)3/h7-8,17,19,21-24,28-31H,5-6,9-16H2,1-4H3/t17-,19-,21-,22+,23+,24+,25+,26-,27+/m1/s1. The Morgan fingerprint density at radius 3 is 2.58 bits per heavy atom. The Morgan fingerprint density at radius 2 is 1.87 bits per heavy atom. The normalized spacial score (nSPS) is 45.0. The highest BCUT2D eigenvalue weighted by Crippen LogP contribution is 2.66. The van der Waals surface area contributed by atoms with Crippen LogP contribution >= 0.6 is 0 Å².